The average molecular weight is 554 g/mol. The largest absolute Gasteiger partial charge is 0.477 e. The lowest BCUT2D eigenvalue weighted by molar-refractivity contribution is -0.156. The molecular formula is C23H28ClN5O7S. The van der Waals surface area contributed by atoms with Crippen molar-refractivity contribution in [1.29, 1.82) is 0 Å². The predicted molar refractivity (Wildman–Crippen MR) is 135 cm³/mol. The maximum Gasteiger partial charge on any atom is 0.353 e. The summed E-state index contributed by atoms with van der Waals surface area (Å²) in [7, 11) is -3.57. The molecule has 2 aliphatic heterocycles. The lowest BCUT2D eigenvalue weighted by Crippen LogP contribution is -2.72. The van der Waals surface area contributed by atoms with Crippen molar-refractivity contribution >= 4 is 39.4 Å². The molecule has 1 fully saturated rings. The van der Waals surface area contributed by atoms with Crippen LogP contribution in [-0.2, 0) is 31.0 Å². The molecule has 0 saturated carbocycles. The van der Waals surface area contributed by atoms with Gasteiger partial charge in [-0.05, 0) is 36.1 Å². The maximum atomic E-state index is 12.3. The van der Waals surface area contributed by atoms with Gasteiger partial charge in [-0.3, -0.25) is 14.5 Å². The number of sulfonamides is 1. The van der Waals surface area contributed by atoms with Gasteiger partial charge in [0.25, 0.3) is 5.91 Å². The van der Waals surface area contributed by atoms with Crippen molar-refractivity contribution in [3.8, 4) is 0 Å². The topological polar surface area (TPSA) is 230 Å². The third-order valence-corrected chi connectivity index (χ3v) is 7.10. The molecule has 2 heterocycles. The minimum absolute atomic E-state index is 0. The summed E-state index contributed by atoms with van der Waals surface area (Å²) in [5, 5.41) is 16.9. The monoisotopic (exact) mass is 553 g/mol. The number of carbonyl (C=O) groups is 3. The normalized spacial score (nSPS) is 19.4. The van der Waals surface area contributed by atoms with Crippen LogP contribution in [0, 0.1) is 0 Å². The molecule has 3 atom stereocenters. The third-order valence-electron chi connectivity index (χ3n) is 5.81. The van der Waals surface area contributed by atoms with Gasteiger partial charge in [-0.15, -0.1) is 0 Å². The number of fused-ring (bicyclic) bond motifs is 1. The van der Waals surface area contributed by atoms with Gasteiger partial charge in [0.05, 0.1) is 10.9 Å². The van der Waals surface area contributed by atoms with E-state index in [1.165, 1.54) is 12.1 Å². The van der Waals surface area contributed by atoms with Gasteiger partial charge >= 0.3 is 5.97 Å². The number of β-lactam (4-membered cyclic amide) rings is 1. The number of allylic oxidation sites excluding steroid dienone is 1. The molecule has 0 aliphatic carbocycles. The zero-order valence-electron chi connectivity index (χ0n) is 19.5. The first-order valence-corrected chi connectivity index (χ1v) is 12.8. The van der Waals surface area contributed by atoms with Gasteiger partial charge in [-0.25, -0.2) is 18.4 Å². The quantitative estimate of drug-likeness (QED) is 0.297. The van der Waals surface area contributed by atoms with E-state index < -0.39 is 45.9 Å². The number of carboxylic acids is 1. The molecule has 200 valence electrons. The number of nitrogens with zero attached hydrogens (tertiary/aromatic N) is 1. The smallest absolute Gasteiger partial charge is 0.353 e. The number of carbonyl (C=O) groups excluding carboxylic acids is 2. The first-order valence-electron chi connectivity index (χ1n) is 10.8. The third kappa shape index (κ3) is 6.71. The number of hydrogen-bond donors (Lipinski definition) is 5. The Morgan fingerprint density at radius 1 is 1.14 bits per heavy atom. The van der Waals surface area contributed by atoms with Crippen LogP contribution in [0.3, 0.4) is 0 Å². The van der Waals surface area contributed by atoms with Crippen molar-refractivity contribution in [2.24, 2.45) is 16.6 Å². The van der Waals surface area contributed by atoms with E-state index in [1.807, 2.05) is 6.07 Å². The average Bonchev–Trinajstić information content (AvgIpc) is 2.86. The molecule has 1 saturated heterocycles. The fourth-order valence-electron chi connectivity index (χ4n) is 3.89. The standard InChI is InChI=1S/C16H16ClN3O4.C7H10N2O2S.H2O/c17-9-6-7-10-12(15(22)20(10)13(9)16(23)24)19-14(21)11(18)8-4-2-1-3-5-8;8-5-6-1-3-7(4-2-6)12(9,10)11;/h1-5,10-12H,6-7,18H2,(H,19,21)(H,23,24);1-4H,5,8H2,(H2,9,10,11);1H2/t10-,11-,12+;;/m1../s1. The molecule has 10 N–H and O–H groups in total. The Kier molecular flexibility index (Phi) is 9.92. The molecule has 0 radical (unpaired) electrons. The molecule has 37 heavy (non-hydrogen) atoms. The zero-order valence-corrected chi connectivity index (χ0v) is 21.1. The number of aliphatic carboxylic acids is 1. The van der Waals surface area contributed by atoms with Gasteiger partial charge in [0, 0.05) is 11.6 Å². The Bertz CT molecular complexity index is 1290. The van der Waals surface area contributed by atoms with E-state index in [1.54, 1.807) is 36.4 Å². The Morgan fingerprint density at radius 2 is 1.73 bits per heavy atom. The van der Waals surface area contributed by atoms with Crippen LogP contribution in [-0.4, -0.2) is 53.8 Å². The summed E-state index contributed by atoms with van der Waals surface area (Å²) in [5.41, 5.74) is 12.6. The van der Waals surface area contributed by atoms with E-state index in [4.69, 9.17) is 28.2 Å². The summed E-state index contributed by atoms with van der Waals surface area (Å²) in [5.74, 6) is -2.20. The lowest BCUT2D eigenvalue weighted by atomic mass is 9.86. The van der Waals surface area contributed by atoms with Gasteiger partial charge in [0.1, 0.15) is 17.8 Å². The summed E-state index contributed by atoms with van der Waals surface area (Å²) >= 11 is 5.92. The molecule has 0 bridgehead atoms. The second-order valence-electron chi connectivity index (χ2n) is 8.14. The van der Waals surface area contributed by atoms with Crippen LogP contribution in [0.15, 0.2) is 70.2 Å². The van der Waals surface area contributed by atoms with Crippen LogP contribution in [0.25, 0.3) is 0 Å². The maximum absolute atomic E-state index is 12.3. The fraction of sp³-hybridized carbons (Fsp3) is 0.261. The van der Waals surface area contributed by atoms with Gasteiger partial charge in [0.15, 0.2) is 0 Å². The second-order valence-corrected chi connectivity index (χ2v) is 10.2. The van der Waals surface area contributed by atoms with Crippen LogP contribution in [0.1, 0.15) is 30.0 Å². The Hall–Kier alpha value is -3.33. The molecule has 14 heteroatoms. The summed E-state index contributed by atoms with van der Waals surface area (Å²) in [4.78, 5) is 37.1. The van der Waals surface area contributed by atoms with Gasteiger partial charge in [-0.1, -0.05) is 54.1 Å². The Labute approximate surface area is 218 Å². The second kappa shape index (κ2) is 12.3. The van der Waals surface area contributed by atoms with Crippen molar-refractivity contribution in [2.45, 2.75) is 42.4 Å². The van der Waals surface area contributed by atoms with E-state index in [0.717, 1.165) is 10.5 Å². The van der Waals surface area contributed by atoms with Crippen molar-refractivity contribution < 1.29 is 33.4 Å². The minimum atomic E-state index is -3.57. The van der Waals surface area contributed by atoms with Crippen LogP contribution < -0.4 is 21.9 Å². The highest BCUT2D eigenvalue weighted by atomic mass is 35.5. The molecular weight excluding hydrogens is 526 g/mol. The molecule has 0 aromatic heterocycles. The summed E-state index contributed by atoms with van der Waals surface area (Å²) in [6.45, 7) is 0.394. The lowest BCUT2D eigenvalue weighted by Gasteiger charge is -2.49. The van der Waals surface area contributed by atoms with Crippen molar-refractivity contribution in [3.63, 3.8) is 0 Å². The van der Waals surface area contributed by atoms with Crippen molar-refractivity contribution in [2.75, 3.05) is 0 Å². The molecule has 4 rings (SSSR count). The zero-order chi connectivity index (χ0) is 26.6. The van der Waals surface area contributed by atoms with E-state index >= 15 is 0 Å². The molecule has 2 aromatic carbocycles. The van der Waals surface area contributed by atoms with Crippen LogP contribution in [0.5, 0.6) is 0 Å². The van der Waals surface area contributed by atoms with Crippen molar-refractivity contribution in [1.82, 2.24) is 10.2 Å². The highest BCUT2D eigenvalue weighted by molar-refractivity contribution is 7.89. The highest BCUT2D eigenvalue weighted by Gasteiger charge is 2.53. The summed E-state index contributed by atoms with van der Waals surface area (Å²) in [6, 6.07) is 12.9. The first-order chi connectivity index (χ1) is 17.0. The number of primary sulfonamides is 1. The highest BCUT2D eigenvalue weighted by Crippen LogP contribution is 2.38. The van der Waals surface area contributed by atoms with Gasteiger partial charge in [-0.2, -0.15) is 0 Å². The Morgan fingerprint density at radius 3 is 2.24 bits per heavy atom. The number of carboxylic acid groups (broad SMARTS) is 1. The number of nitrogens with two attached hydrogens (primary N) is 3. The number of rotatable bonds is 6. The Balaban J connectivity index is 0.000000314. The molecule has 2 amide bonds. The minimum Gasteiger partial charge on any atom is -0.477 e. The molecule has 12 nitrogen and oxygen atoms in total. The number of hydrogen-bond acceptors (Lipinski definition) is 7. The van der Waals surface area contributed by atoms with Gasteiger partial charge in [0.2, 0.25) is 15.9 Å². The fourth-order valence-corrected chi connectivity index (χ4v) is 4.68. The van der Waals surface area contributed by atoms with Gasteiger partial charge < -0.3 is 27.4 Å². The first kappa shape index (κ1) is 29.9. The van der Waals surface area contributed by atoms with E-state index in [0.29, 0.717) is 24.9 Å². The van der Waals surface area contributed by atoms with E-state index in [-0.39, 0.29) is 21.1 Å². The van der Waals surface area contributed by atoms with Crippen LogP contribution in [0.2, 0.25) is 0 Å². The number of nitrogens with one attached hydrogen (secondary N) is 1. The molecule has 2 aromatic rings. The molecule has 0 unspecified atom stereocenters. The van der Waals surface area contributed by atoms with Crippen LogP contribution in [0.4, 0.5) is 0 Å². The summed E-state index contributed by atoms with van der Waals surface area (Å²) in [6.07, 6.45) is 0.849. The number of benzene rings is 2. The predicted octanol–water partition coefficient (Wildman–Crippen LogP) is -0.321. The summed E-state index contributed by atoms with van der Waals surface area (Å²) < 4.78 is 21.6. The van der Waals surface area contributed by atoms with Crippen molar-refractivity contribution in [3.05, 3.63) is 76.5 Å². The number of halogens is 1. The molecule has 2 aliphatic rings. The van der Waals surface area contributed by atoms with Crippen LogP contribution >= 0.6 is 11.6 Å². The van der Waals surface area contributed by atoms with E-state index in [9.17, 15) is 27.9 Å². The molecule has 0 spiro atoms. The SMILES string of the molecule is NCc1ccc(S(N)(=O)=O)cc1.N[C@@H](C(=O)N[C@@H]1C(=O)N2C(C(=O)O)=C(Cl)CC[C@H]12)c1ccccc1.O. The van der Waals surface area contributed by atoms with E-state index in [2.05, 4.69) is 5.32 Å². The number of amides is 2.